The summed E-state index contributed by atoms with van der Waals surface area (Å²) in [5, 5.41) is 12.7. The van der Waals surface area contributed by atoms with E-state index in [0.29, 0.717) is 6.42 Å². The molecule has 4 heteroatoms. The predicted octanol–water partition coefficient (Wildman–Crippen LogP) is 1.66. The van der Waals surface area contributed by atoms with Gasteiger partial charge in [-0.3, -0.25) is 4.79 Å². The minimum Gasteiger partial charge on any atom is -0.497 e. The molecule has 0 heterocycles. The summed E-state index contributed by atoms with van der Waals surface area (Å²) < 4.78 is 5.08. The molecule has 2 N–H and O–H groups in total. The third kappa shape index (κ3) is 3.96. The van der Waals surface area contributed by atoms with Crippen molar-refractivity contribution in [1.82, 2.24) is 5.32 Å². The quantitative estimate of drug-likeness (QED) is 0.868. The second kappa shape index (κ2) is 6.57. The summed E-state index contributed by atoms with van der Waals surface area (Å²) in [6.07, 6.45) is 3.72. The van der Waals surface area contributed by atoms with Crippen molar-refractivity contribution in [3.63, 3.8) is 0 Å². The van der Waals surface area contributed by atoms with Crippen molar-refractivity contribution < 1.29 is 14.6 Å². The second-order valence-corrected chi connectivity index (χ2v) is 5.05. The Bertz CT molecular complexity index is 416. The molecule has 0 bridgehead atoms. The van der Waals surface area contributed by atoms with Crippen LogP contribution >= 0.6 is 0 Å². The molecule has 0 spiro atoms. The zero-order chi connectivity index (χ0) is 13.7. The van der Waals surface area contributed by atoms with Crippen molar-refractivity contribution in [1.29, 1.82) is 0 Å². The first kappa shape index (κ1) is 13.9. The monoisotopic (exact) mass is 263 g/mol. The number of methoxy groups -OCH3 is 1. The lowest BCUT2D eigenvalue weighted by atomic mass is 9.92. The SMILES string of the molecule is COc1ccc(CC(=O)N[C@@H]2CCCC[C@H]2O)cc1. The lowest BCUT2D eigenvalue weighted by Crippen LogP contribution is -2.45. The Kier molecular flexibility index (Phi) is 4.80. The molecule has 0 aliphatic heterocycles. The van der Waals surface area contributed by atoms with Crippen LogP contribution in [0.3, 0.4) is 0 Å². The van der Waals surface area contributed by atoms with Crippen molar-refractivity contribution in [2.45, 2.75) is 44.2 Å². The van der Waals surface area contributed by atoms with E-state index in [1.54, 1.807) is 7.11 Å². The largest absolute Gasteiger partial charge is 0.497 e. The second-order valence-electron chi connectivity index (χ2n) is 5.05. The highest BCUT2D eigenvalue weighted by Gasteiger charge is 2.24. The number of carbonyl (C=O) groups excluding carboxylic acids is 1. The van der Waals surface area contributed by atoms with Crippen LogP contribution in [-0.2, 0) is 11.2 Å². The fourth-order valence-corrected chi connectivity index (χ4v) is 2.47. The van der Waals surface area contributed by atoms with Crippen molar-refractivity contribution in [3.8, 4) is 5.75 Å². The van der Waals surface area contributed by atoms with E-state index >= 15 is 0 Å². The molecule has 1 aliphatic carbocycles. The average molecular weight is 263 g/mol. The molecule has 1 aliphatic rings. The lowest BCUT2D eigenvalue weighted by molar-refractivity contribution is -0.122. The van der Waals surface area contributed by atoms with Gasteiger partial charge in [-0.15, -0.1) is 0 Å². The molecular formula is C15H21NO3. The van der Waals surface area contributed by atoms with Crippen LogP contribution in [0.25, 0.3) is 0 Å². The molecule has 1 aromatic carbocycles. The first-order chi connectivity index (χ1) is 9.19. The summed E-state index contributed by atoms with van der Waals surface area (Å²) >= 11 is 0. The number of benzene rings is 1. The Balaban J connectivity index is 1.86. The van der Waals surface area contributed by atoms with Gasteiger partial charge in [0.15, 0.2) is 0 Å². The Labute approximate surface area is 113 Å². The minimum atomic E-state index is -0.395. The van der Waals surface area contributed by atoms with Crippen LogP contribution in [0.15, 0.2) is 24.3 Å². The fourth-order valence-electron chi connectivity index (χ4n) is 2.47. The van der Waals surface area contributed by atoms with Gasteiger partial charge in [0.1, 0.15) is 5.75 Å². The predicted molar refractivity (Wildman–Crippen MR) is 73.1 cm³/mol. The lowest BCUT2D eigenvalue weighted by Gasteiger charge is -2.28. The maximum atomic E-state index is 11.9. The van der Waals surface area contributed by atoms with Gasteiger partial charge < -0.3 is 15.2 Å². The molecular weight excluding hydrogens is 242 g/mol. The van der Waals surface area contributed by atoms with Crippen LogP contribution in [0.4, 0.5) is 0 Å². The maximum Gasteiger partial charge on any atom is 0.224 e. The highest BCUT2D eigenvalue weighted by atomic mass is 16.5. The summed E-state index contributed by atoms with van der Waals surface area (Å²) in [5.74, 6) is 0.753. The normalized spacial score (nSPS) is 22.8. The van der Waals surface area contributed by atoms with E-state index < -0.39 is 6.10 Å². The third-order valence-corrected chi connectivity index (χ3v) is 3.60. The smallest absolute Gasteiger partial charge is 0.224 e. The van der Waals surface area contributed by atoms with E-state index in [1.807, 2.05) is 24.3 Å². The molecule has 4 nitrogen and oxygen atoms in total. The highest BCUT2D eigenvalue weighted by Crippen LogP contribution is 2.18. The van der Waals surface area contributed by atoms with Gasteiger partial charge in [0.05, 0.1) is 25.7 Å². The van der Waals surface area contributed by atoms with Crippen molar-refractivity contribution in [2.75, 3.05) is 7.11 Å². The molecule has 0 saturated heterocycles. The number of hydrogen-bond donors (Lipinski definition) is 2. The number of aliphatic hydroxyl groups excluding tert-OH is 1. The molecule has 1 fully saturated rings. The molecule has 2 rings (SSSR count). The van der Waals surface area contributed by atoms with Crippen molar-refractivity contribution in [2.24, 2.45) is 0 Å². The molecule has 0 radical (unpaired) electrons. The van der Waals surface area contributed by atoms with Gasteiger partial charge in [0.2, 0.25) is 5.91 Å². The van der Waals surface area contributed by atoms with Crippen molar-refractivity contribution >= 4 is 5.91 Å². The van der Waals surface area contributed by atoms with Gasteiger partial charge in [0, 0.05) is 0 Å². The van der Waals surface area contributed by atoms with Gasteiger partial charge in [-0.05, 0) is 30.5 Å². The number of ether oxygens (including phenoxy) is 1. The third-order valence-electron chi connectivity index (χ3n) is 3.60. The van der Waals surface area contributed by atoms with Crippen LogP contribution in [0.5, 0.6) is 5.75 Å². The molecule has 0 aromatic heterocycles. The summed E-state index contributed by atoms with van der Waals surface area (Å²) in [5.41, 5.74) is 0.948. The first-order valence-corrected chi connectivity index (χ1v) is 6.79. The van der Waals surface area contributed by atoms with Crippen LogP contribution in [0.2, 0.25) is 0 Å². The van der Waals surface area contributed by atoms with Crippen LogP contribution < -0.4 is 10.1 Å². The Morgan fingerprint density at radius 1 is 1.32 bits per heavy atom. The number of rotatable bonds is 4. The first-order valence-electron chi connectivity index (χ1n) is 6.79. The van der Waals surface area contributed by atoms with E-state index in [9.17, 15) is 9.90 Å². The topological polar surface area (TPSA) is 58.6 Å². The van der Waals surface area contributed by atoms with Crippen LogP contribution in [0, 0.1) is 0 Å². The van der Waals surface area contributed by atoms with Gasteiger partial charge in [0.25, 0.3) is 0 Å². The highest BCUT2D eigenvalue weighted by molar-refractivity contribution is 5.79. The molecule has 0 unspecified atom stereocenters. The molecule has 104 valence electrons. The zero-order valence-corrected chi connectivity index (χ0v) is 11.3. The minimum absolute atomic E-state index is 0.0314. The Morgan fingerprint density at radius 3 is 2.63 bits per heavy atom. The maximum absolute atomic E-state index is 11.9. The zero-order valence-electron chi connectivity index (χ0n) is 11.3. The van der Waals surface area contributed by atoms with Crippen LogP contribution in [-0.4, -0.2) is 30.3 Å². The van der Waals surface area contributed by atoms with E-state index in [-0.39, 0.29) is 11.9 Å². The van der Waals surface area contributed by atoms with Crippen LogP contribution in [0.1, 0.15) is 31.2 Å². The summed E-state index contributed by atoms with van der Waals surface area (Å²) in [6.45, 7) is 0. The number of aliphatic hydroxyl groups is 1. The van der Waals surface area contributed by atoms with E-state index in [4.69, 9.17) is 4.74 Å². The molecule has 1 aromatic rings. The standard InChI is InChI=1S/C15H21NO3/c1-19-12-8-6-11(7-9-12)10-15(18)16-13-4-2-3-5-14(13)17/h6-9,13-14,17H,2-5,10H2,1H3,(H,16,18)/t13-,14-/m1/s1. The van der Waals surface area contributed by atoms with Gasteiger partial charge >= 0.3 is 0 Å². The van der Waals surface area contributed by atoms with Gasteiger partial charge in [-0.2, -0.15) is 0 Å². The van der Waals surface area contributed by atoms with Gasteiger partial charge in [-0.1, -0.05) is 25.0 Å². The molecule has 1 amide bonds. The van der Waals surface area contributed by atoms with Crippen molar-refractivity contribution in [3.05, 3.63) is 29.8 Å². The Hall–Kier alpha value is -1.55. The van der Waals surface area contributed by atoms with E-state index in [2.05, 4.69) is 5.32 Å². The van der Waals surface area contributed by atoms with E-state index in [1.165, 1.54) is 0 Å². The molecule has 19 heavy (non-hydrogen) atoms. The number of amides is 1. The molecule has 2 atom stereocenters. The fraction of sp³-hybridized carbons (Fsp3) is 0.533. The van der Waals surface area contributed by atoms with Gasteiger partial charge in [-0.25, -0.2) is 0 Å². The Morgan fingerprint density at radius 2 is 2.00 bits per heavy atom. The van der Waals surface area contributed by atoms with E-state index in [0.717, 1.165) is 37.0 Å². The number of carbonyl (C=O) groups is 1. The summed E-state index contributed by atoms with van der Waals surface area (Å²) in [6, 6.07) is 7.38. The molecule has 1 saturated carbocycles. The summed E-state index contributed by atoms with van der Waals surface area (Å²) in [7, 11) is 1.62. The summed E-state index contributed by atoms with van der Waals surface area (Å²) in [4.78, 5) is 11.9. The average Bonchev–Trinajstić information content (AvgIpc) is 2.42. The number of hydrogen-bond acceptors (Lipinski definition) is 3. The number of nitrogens with one attached hydrogen (secondary N) is 1.